The Morgan fingerprint density at radius 1 is 1.06 bits per heavy atom. The van der Waals surface area contributed by atoms with Gasteiger partial charge in [0, 0.05) is 25.2 Å². The lowest BCUT2D eigenvalue weighted by atomic mass is 10.2. The quantitative estimate of drug-likeness (QED) is 0.399. The van der Waals surface area contributed by atoms with E-state index in [0.717, 1.165) is 41.9 Å². The van der Waals surface area contributed by atoms with Crippen molar-refractivity contribution in [2.75, 3.05) is 20.2 Å². The van der Waals surface area contributed by atoms with E-state index in [1.807, 2.05) is 41.8 Å². The average molecular weight is 482 g/mol. The highest BCUT2D eigenvalue weighted by Crippen LogP contribution is 2.25. The lowest BCUT2D eigenvalue weighted by Gasteiger charge is -2.25. The first-order valence-corrected chi connectivity index (χ1v) is 12.8. The normalized spacial score (nSPS) is 15.1. The van der Waals surface area contributed by atoms with E-state index in [1.165, 1.54) is 4.80 Å². The van der Waals surface area contributed by atoms with Crippen molar-refractivity contribution in [3.63, 3.8) is 0 Å². The highest BCUT2D eigenvalue weighted by atomic mass is 32.2. The van der Waals surface area contributed by atoms with E-state index in [-0.39, 0.29) is 4.90 Å². The van der Waals surface area contributed by atoms with Gasteiger partial charge in [-0.15, -0.1) is 10.2 Å². The molecule has 1 fully saturated rings. The van der Waals surface area contributed by atoms with Crippen LogP contribution in [0.3, 0.4) is 0 Å². The Morgan fingerprint density at radius 2 is 1.88 bits per heavy atom. The number of fused-ring (bicyclic) bond motifs is 1. The van der Waals surface area contributed by atoms with Crippen molar-refractivity contribution in [3.05, 3.63) is 48.3 Å². The van der Waals surface area contributed by atoms with Gasteiger partial charge in [-0.25, -0.2) is 13.4 Å². The maximum Gasteiger partial charge on any atom is 0.243 e. The number of hydrogen-bond donors (Lipinski definition) is 0. The largest absolute Gasteiger partial charge is 0.497 e. The lowest BCUT2D eigenvalue weighted by Crippen LogP contribution is -2.35. The highest BCUT2D eigenvalue weighted by molar-refractivity contribution is 7.89. The molecule has 4 aromatic rings. The summed E-state index contributed by atoms with van der Waals surface area (Å²) < 4.78 is 35.1. The fraction of sp³-hybridized carbons (Fsp3) is 0.391. The molecule has 11 heteroatoms. The Hall–Kier alpha value is -3.31. The summed E-state index contributed by atoms with van der Waals surface area (Å²) in [7, 11) is -1.91. The Labute approximate surface area is 198 Å². The first-order chi connectivity index (χ1) is 16.5. The van der Waals surface area contributed by atoms with Crippen molar-refractivity contribution >= 4 is 21.1 Å². The van der Waals surface area contributed by atoms with E-state index in [4.69, 9.17) is 9.72 Å². The van der Waals surface area contributed by atoms with Crippen LogP contribution in [0.4, 0.5) is 0 Å². The molecule has 0 saturated carbocycles. The molecule has 0 spiro atoms. The zero-order chi connectivity index (χ0) is 23.7. The molecule has 3 heterocycles. The van der Waals surface area contributed by atoms with Crippen molar-refractivity contribution in [1.82, 2.24) is 34.1 Å². The topological polar surface area (TPSA) is 108 Å². The Kier molecular flexibility index (Phi) is 6.05. The summed E-state index contributed by atoms with van der Waals surface area (Å²) in [4.78, 5) is 6.52. The zero-order valence-corrected chi connectivity index (χ0v) is 20.1. The summed E-state index contributed by atoms with van der Waals surface area (Å²) in [6, 6.07) is 12.7. The van der Waals surface area contributed by atoms with Crippen LogP contribution in [0.1, 0.15) is 32.0 Å². The van der Waals surface area contributed by atoms with Gasteiger partial charge in [-0.05, 0) is 55.3 Å². The molecule has 0 amide bonds. The molecule has 34 heavy (non-hydrogen) atoms. The predicted molar refractivity (Wildman–Crippen MR) is 127 cm³/mol. The SMILES string of the molecule is CCn1c(Cn2nnc(-c3cccc(OC)c3)n2)nc2cc(S(=O)(=O)N3CCCCC3)ccc21. The maximum atomic E-state index is 13.1. The van der Waals surface area contributed by atoms with Crippen molar-refractivity contribution < 1.29 is 13.2 Å². The van der Waals surface area contributed by atoms with Crippen LogP contribution in [0.2, 0.25) is 0 Å². The number of sulfonamides is 1. The number of tetrazole rings is 1. The molecule has 0 N–H and O–H groups in total. The summed E-state index contributed by atoms with van der Waals surface area (Å²) in [6.07, 6.45) is 2.88. The molecule has 0 unspecified atom stereocenters. The van der Waals surface area contributed by atoms with E-state index in [0.29, 0.717) is 37.5 Å². The third kappa shape index (κ3) is 4.16. The van der Waals surface area contributed by atoms with E-state index >= 15 is 0 Å². The molecule has 2 aromatic carbocycles. The van der Waals surface area contributed by atoms with Gasteiger partial charge in [0.2, 0.25) is 15.8 Å². The number of piperidine rings is 1. The zero-order valence-electron chi connectivity index (χ0n) is 19.3. The fourth-order valence-electron chi connectivity index (χ4n) is 4.36. The second-order valence-corrected chi connectivity index (χ2v) is 10.2. The number of nitrogens with zero attached hydrogens (tertiary/aromatic N) is 7. The van der Waals surface area contributed by atoms with Gasteiger partial charge in [0.25, 0.3) is 0 Å². The van der Waals surface area contributed by atoms with Crippen molar-refractivity contribution in [2.24, 2.45) is 0 Å². The van der Waals surface area contributed by atoms with Gasteiger partial charge in [-0.1, -0.05) is 18.6 Å². The van der Waals surface area contributed by atoms with Crippen molar-refractivity contribution in [3.8, 4) is 17.1 Å². The van der Waals surface area contributed by atoms with Crippen LogP contribution in [0.25, 0.3) is 22.4 Å². The number of benzene rings is 2. The van der Waals surface area contributed by atoms with E-state index in [2.05, 4.69) is 15.4 Å². The van der Waals surface area contributed by atoms with E-state index in [1.54, 1.807) is 23.5 Å². The molecule has 0 aliphatic carbocycles. The molecular weight excluding hydrogens is 454 g/mol. The van der Waals surface area contributed by atoms with Crippen LogP contribution >= 0.6 is 0 Å². The number of methoxy groups -OCH3 is 1. The summed E-state index contributed by atoms with van der Waals surface area (Å²) in [5, 5.41) is 12.9. The molecule has 5 rings (SSSR count). The van der Waals surface area contributed by atoms with Gasteiger partial charge < -0.3 is 9.30 Å². The second kappa shape index (κ2) is 9.15. The van der Waals surface area contributed by atoms with Gasteiger partial charge in [0.1, 0.15) is 18.1 Å². The third-order valence-electron chi connectivity index (χ3n) is 6.13. The number of aryl methyl sites for hydroxylation is 1. The van der Waals surface area contributed by atoms with Crippen LogP contribution < -0.4 is 4.74 Å². The maximum absolute atomic E-state index is 13.1. The molecule has 0 atom stereocenters. The van der Waals surface area contributed by atoms with Gasteiger partial charge >= 0.3 is 0 Å². The molecule has 178 valence electrons. The van der Waals surface area contributed by atoms with Crippen LogP contribution in [0.5, 0.6) is 5.75 Å². The molecule has 2 aromatic heterocycles. The van der Waals surface area contributed by atoms with Crippen molar-refractivity contribution in [2.45, 2.75) is 44.2 Å². The minimum absolute atomic E-state index is 0.286. The lowest BCUT2D eigenvalue weighted by molar-refractivity contribution is 0.346. The van der Waals surface area contributed by atoms with Crippen LogP contribution in [0, 0.1) is 0 Å². The van der Waals surface area contributed by atoms with Gasteiger partial charge in [-0.2, -0.15) is 9.10 Å². The van der Waals surface area contributed by atoms with Gasteiger partial charge in [-0.3, -0.25) is 0 Å². The first kappa shape index (κ1) is 22.5. The van der Waals surface area contributed by atoms with E-state index in [9.17, 15) is 8.42 Å². The average Bonchev–Trinajstić information content (AvgIpc) is 3.48. The Bertz CT molecular complexity index is 1420. The summed E-state index contributed by atoms with van der Waals surface area (Å²) in [5.74, 6) is 1.95. The molecule has 1 aliphatic rings. The molecule has 10 nitrogen and oxygen atoms in total. The summed E-state index contributed by atoms with van der Waals surface area (Å²) in [6.45, 7) is 4.17. The number of hydrogen-bond acceptors (Lipinski definition) is 7. The van der Waals surface area contributed by atoms with Crippen LogP contribution in [-0.4, -0.2) is 62.7 Å². The number of rotatable bonds is 7. The summed E-state index contributed by atoms with van der Waals surface area (Å²) in [5.41, 5.74) is 2.33. The van der Waals surface area contributed by atoms with Crippen LogP contribution in [0.15, 0.2) is 47.4 Å². The number of imidazole rings is 1. The molecular formula is C23H27N7O3S. The smallest absolute Gasteiger partial charge is 0.243 e. The summed E-state index contributed by atoms with van der Waals surface area (Å²) >= 11 is 0. The van der Waals surface area contributed by atoms with Crippen LogP contribution in [-0.2, 0) is 23.1 Å². The predicted octanol–water partition coefficient (Wildman–Crippen LogP) is 2.94. The molecule has 1 aliphatic heterocycles. The standard InChI is InChI=1S/C23H27N7O3S/c1-3-29-21-11-10-19(34(31,32)28-12-5-4-6-13-28)15-20(21)24-22(29)16-30-26-23(25-27-30)17-8-7-9-18(14-17)33-2/h7-11,14-15H,3-6,12-13,16H2,1-2H3. The minimum atomic E-state index is -3.52. The monoisotopic (exact) mass is 481 g/mol. The molecule has 0 radical (unpaired) electrons. The van der Waals surface area contributed by atoms with Crippen molar-refractivity contribution in [1.29, 1.82) is 0 Å². The third-order valence-corrected chi connectivity index (χ3v) is 8.03. The fourth-order valence-corrected chi connectivity index (χ4v) is 5.90. The molecule has 1 saturated heterocycles. The van der Waals surface area contributed by atoms with Gasteiger partial charge in [0.15, 0.2) is 0 Å². The Morgan fingerprint density at radius 3 is 2.65 bits per heavy atom. The van der Waals surface area contributed by atoms with E-state index < -0.39 is 10.0 Å². The van der Waals surface area contributed by atoms with Gasteiger partial charge in [0.05, 0.1) is 23.0 Å². The number of aromatic nitrogens is 6. The number of ether oxygens (including phenoxy) is 1. The highest BCUT2D eigenvalue weighted by Gasteiger charge is 2.26. The Balaban J connectivity index is 1.44. The minimum Gasteiger partial charge on any atom is -0.497 e. The first-order valence-electron chi connectivity index (χ1n) is 11.4. The second-order valence-electron chi connectivity index (χ2n) is 8.26. The molecule has 0 bridgehead atoms.